The predicted molar refractivity (Wildman–Crippen MR) is 75.0 cm³/mol. The van der Waals surface area contributed by atoms with Gasteiger partial charge in [0.05, 0.1) is 19.7 Å². The number of carbonyl (C=O) groups is 1. The van der Waals surface area contributed by atoms with Crippen molar-refractivity contribution in [3.8, 4) is 0 Å². The lowest BCUT2D eigenvalue weighted by Gasteiger charge is -2.33. The van der Waals surface area contributed by atoms with E-state index in [1.807, 2.05) is 0 Å². The molecule has 1 fully saturated rings. The van der Waals surface area contributed by atoms with E-state index in [4.69, 9.17) is 0 Å². The molecule has 1 aromatic heterocycles. The Hall–Kier alpha value is -1.45. The molecule has 0 amide bonds. The van der Waals surface area contributed by atoms with Crippen LogP contribution in [0.3, 0.4) is 0 Å². The third-order valence-electron chi connectivity index (χ3n) is 3.51. The zero-order valence-corrected chi connectivity index (χ0v) is 13.0. The number of ether oxygens (including phenoxy) is 1. The summed E-state index contributed by atoms with van der Waals surface area (Å²) in [6.45, 7) is 2.64. The van der Waals surface area contributed by atoms with Gasteiger partial charge in [0.2, 0.25) is 10.0 Å². The molecule has 0 atom stereocenters. The molecule has 1 aliphatic heterocycles. The van der Waals surface area contributed by atoms with E-state index < -0.39 is 10.0 Å². The second-order valence-electron chi connectivity index (χ2n) is 4.92. The average Bonchev–Trinajstić information content (AvgIpc) is 2.92. The number of esters is 1. The molecule has 2 heterocycles. The summed E-state index contributed by atoms with van der Waals surface area (Å²) >= 11 is 0. The normalized spacial score (nSPS) is 17.8. The van der Waals surface area contributed by atoms with Crippen molar-refractivity contribution in [3.63, 3.8) is 0 Å². The molecule has 21 heavy (non-hydrogen) atoms. The van der Waals surface area contributed by atoms with Gasteiger partial charge in [-0.3, -0.25) is 9.48 Å². The molecule has 1 aliphatic rings. The van der Waals surface area contributed by atoms with Crippen LogP contribution in [0.15, 0.2) is 17.3 Å². The van der Waals surface area contributed by atoms with Crippen molar-refractivity contribution in [2.45, 2.75) is 11.3 Å². The smallest absolute Gasteiger partial charge is 0.306 e. The molecule has 0 spiro atoms. The summed E-state index contributed by atoms with van der Waals surface area (Å²) in [5.41, 5.74) is 0. The maximum Gasteiger partial charge on any atom is 0.306 e. The van der Waals surface area contributed by atoms with Crippen molar-refractivity contribution in [1.29, 1.82) is 0 Å². The first-order valence-corrected chi connectivity index (χ1v) is 8.15. The van der Waals surface area contributed by atoms with Crippen LogP contribution in [0.5, 0.6) is 0 Å². The molecule has 0 saturated carbocycles. The number of aromatic nitrogens is 2. The van der Waals surface area contributed by atoms with Gasteiger partial charge in [-0.15, -0.1) is 0 Å². The molecule has 8 nitrogen and oxygen atoms in total. The Morgan fingerprint density at radius 2 is 2.00 bits per heavy atom. The minimum Gasteiger partial charge on any atom is -0.469 e. The number of rotatable bonds is 5. The highest BCUT2D eigenvalue weighted by atomic mass is 32.2. The van der Waals surface area contributed by atoms with Crippen LogP contribution in [-0.2, 0) is 26.6 Å². The summed E-state index contributed by atoms with van der Waals surface area (Å²) in [7, 11) is -0.423. The summed E-state index contributed by atoms with van der Waals surface area (Å²) in [4.78, 5) is 13.4. The lowest BCUT2D eigenvalue weighted by molar-refractivity contribution is -0.141. The van der Waals surface area contributed by atoms with Crippen molar-refractivity contribution in [2.75, 3.05) is 39.8 Å². The maximum absolute atomic E-state index is 12.4. The number of nitrogens with zero attached hydrogens (tertiary/aromatic N) is 4. The first-order chi connectivity index (χ1) is 9.93. The summed E-state index contributed by atoms with van der Waals surface area (Å²) in [6, 6.07) is 0. The largest absolute Gasteiger partial charge is 0.469 e. The summed E-state index contributed by atoms with van der Waals surface area (Å²) in [5, 5.41) is 3.90. The number of sulfonamides is 1. The lowest BCUT2D eigenvalue weighted by atomic mass is 10.3. The third kappa shape index (κ3) is 3.80. The molecule has 118 valence electrons. The minimum absolute atomic E-state index is 0.216. The molecule has 1 aromatic rings. The number of hydrogen-bond donors (Lipinski definition) is 0. The molecule has 2 rings (SSSR count). The van der Waals surface area contributed by atoms with Crippen LogP contribution in [0.2, 0.25) is 0 Å². The molecule has 0 aliphatic carbocycles. The van der Waals surface area contributed by atoms with Crippen LogP contribution in [0.1, 0.15) is 6.42 Å². The Balaban J connectivity index is 1.90. The van der Waals surface area contributed by atoms with E-state index >= 15 is 0 Å². The Kier molecular flexibility index (Phi) is 4.96. The fourth-order valence-electron chi connectivity index (χ4n) is 2.23. The van der Waals surface area contributed by atoms with Gasteiger partial charge in [-0.1, -0.05) is 0 Å². The second-order valence-corrected chi connectivity index (χ2v) is 6.86. The molecule has 1 saturated heterocycles. The van der Waals surface area contributed by atoms with Crippen molar-refractivity contribution in [1.82, 2.24) is 19.0 Å². The van der Waals surface area contributed by atoms with Gasteiger partial charge in [-0.05, 0) is 0 Å². The van der Waals surface area contributed by atoms with Gasteiger partial charge >= 0.3 is 5.97 Å². The monoisotopic (exact) mass is 316 g/mol. The molecular formula is C12H20N4O4S. The summed E-state index contributed by atoms with van der Waals surface area (Å²) in [5.74, 6) is -0.250. The molecule has 0 N–H and O–H groups in total. The number of carbonyl (C=O) groups excluding carboxylic acids is 1. The van der Waals surface area contributed by atoms with Crippen LogP contribution in [0.25, 0.3) is 0 Å². The standard InChI is InChI=1S/C12H20N4O4S/c1-14-10-11(9-13-14)21(18,19)16-7-5-15(6-8-16)4-3-12(17)20-2/h9-10H,3-8H2,1-2H3. The van der Waals surface area contributed by atoms with E-state index in [1.54, 1.807) is 7.05 Å². The highest BCUT2D eigenvalue weighted by molar-refractivity contribution is 7.89. The highest BCUT2D eigenvalue weighted by Gasteiger charge is 2.29. The quantitative estimate of drug-likeness (QED) is 0.667. The lowest BCUT2D eigenvalue weighted by Crippen LogP contribution is -2.48. The molecule has 9 heteroatoms. The van der Waals surface area contributed by atoms with Gasteiger partial charge in [0.1, 0.15) is 4.90 Å². The molecular weight excluding hydrogens is 296 g/mol. The second kappa shape index (κ2) is 6.54. The van der Waals surface area contributed by atoms with Gasteiger partial charge in [0.15, 0.2) is 0 Å². The first kappa shape index (κ1) is 15.9. The Bertz CT molecular complexity index is 590. The van der Waals surface area contributed by atoms with Crippen LogP contribution in [-0.4, -0.2) is 73.2 Å². The van der Waals surface area contributed by atoms with E-state index in [0.717, 1.165) is 0 Å². The van der Waals surface area contributed by atoms with Crippen molar-refractivity contribution in [3.05, 3.63) is 12.4 Å². The van der Waals surface area contributed by atoms with E-state index in [2.05, 4.69) is 14.7 Å². The number of aryl methyl sites for hydroxylation is 1. The van der Waals surface area contributed by atoms with Crippen molar-refractivity contribution >= 4 is 16.0 Å². The molecule has 0 bridgehead atoms. The van der Waals surface area contributed by atoms with Crippen molar-refractivity contribution < 1.29 is 17.9 Å². The fraction of sp³-hybridized carbons (Fsp3) is 0.667. The van der Waals surface area contributed by atoms with E-state index in [0.29, 0.717) is 39.1 Å². The first-order valence-electron chi connectivity index (χ1n) is 6.71. The van der Waals surface area contributed by atoms with Gasteiger partial charge in [-0.25, -0.2) is 8.42 Å². The van der Waals surface area contributed by atoms with Gasteiger partial charge < -0.3 is 9.64 Å². The van der Waals surface area contributed by atoms with Crippen LogP contribution in [0.4, 0.5) is 0 Å². The zero-order valence-electron chi connectivity index (χ0n) is 12.2. The fourth-order valence-corrected chi connectivity index (χ4v) is 3.63. The molecule has 0 aromatic carbocycles. The maximum atomic E-state index is 12.4. The summed E-state index contributed by atoms with van der Waals surface area (Å²) in [6.07, 6.45) is 3.18. The molecule has 0 unspecified atom stereocenters. The third-order valence-corrected chi connectivity index (χ3v) is 5.36. The van der Waals surface area contributed by atoms with E-state index in [1.165, 1.54) is 28.5 Å². The molecule has 0 radical (unpaired) electrons. The minimum atomic E-state index is -3.47. The van der Waals surface area contributed by atoms with Crippen LogP contribution < -0.4 is 0 Å². The van der Waals surface area contributed by atoms with E-state index in [-0.39, 0.29) is 10.9 Å². The number of hydrogen-bond acceptors (Lipinski definition) is 6. The average molecular weight is 316 g/mol. The zero-order chi connectivity index (χ0) is 15.5. The predicted octanol–water partition coefficient (Wildman–Crippen LogP) is -0.710. The van der Waals surface area contributed by atoms with Gasteiger partial charge in [0, 0.05) is 46.0 Å². The van der Waals surface area contributed by atoms with Gasteiger partial charge in [0.25, 0.3) is 0 Å². The van der Waals surface area contributed by atoms with Gasteiger partial charge in [-0.2, -0.15) is 9.40 Å². The Labute approximate surface area is 124 Å². The number of piperazine rings is 1. The topological polar surface area (TPSA) is 84.7 Å². The van der Waals surface area contributed by atoms with Crippen LogP contribution in [0, 0.1) is 0 Å². The highest BCUT2D eigenvalue weighted by Crippen LogP contribution is 2.16. The Morgan fingerprint density at radius 3 is 2.52 bits per heavy atom. The van der Waals surface area contributed by atoms with Crippen molar-refractivity contribution in [2.24, 2.45) is 7.05 Å². The van der Waals surface area contributed by atoms with E-state index in [9.17, 15) is 13.2 Å². The van der Waals surface area contributed by atoms with Crippen LogP contribution >= 0.6 is 0 Å². The summed E-state index contributed by atoms with van der Waals surface area (Å²) < 4.78 is 32.3. The number of methoxy groups -OCH3 is 1. The Morgan fingerprint density at radius 1 is 1.33 bits per heavy atom. The SMILES string of the molecule is COC(=O)CCN1CCN(S(=O)(=O)c2cnn(C)c2)CC1.